The van der Waals surface area contributed by atoms with Crippen LogP contribution in [0.2, 0.25) is 0 Å². The molecule has 0 aromatic heterocycles. The van der Waals surface area contributed by atoms with Crippen molar-refractivity contribution < 1.29 is 24.2 Å². The zero-order valence-corrected chi connectivity index (χ0v) is 16.7. The highest BCUT2D eigenvalue weighted by atomic mass is 16.5. The molecule has 0 aliphatic rings. The summed E-state index contributed by atoms with van der Waals surface area (Å²) in [7, 11) is 1.34. The normalized spacial score (nSPS) is 12.2. The Hall–Kier alpha value is -3.09. The first-order chi connectivity index (χ1) is 13.5. The Kier molecular flexibility index (Phi) is 14.3. The van der Waals surface area contributed by atoms with Crippen LogP contribution in [0, 0.1) is 65.0 Å². The van der Waals surface area contributed by atoms with Gasteiger partial charge < -0.3 is 14.6 Å². The lowest BCUT2D eigenvalue weighted by atomic mass is 9.88. The third kappa shape index (κ3) is 10.8. The highest BCUT2D eigenvalue weighted by molar-refractivity contribution is 5.74. The number of aliphatic hydroxyl groups excluding tert-OH is 1. The van der Waals surface area contributed by atoms with E-state index in [1.54, 1.807) is 6.11 Å². The molecular weight excluding hydrogens is 358 g/mol. The number of carbonyl (C=O) groups excluding carboxylic acids is 2. The summed E-state index contributed by atoms with van der Waals surface area (Å²) in [6.45, 7) is 3.90. The van der Waals surface area contributed by atoms with Crippen molar-refractivity contribution in [1.82, 2.24) is 0 Å². The molecule has 0 heterocycles. The van der Waals surface area contributed by atoms with Gasteiger partial charge in [-0.1, -0.05) is 20.3 Å². The maximum atomic E-state index is 12.2. The molecule has 0 saturated heterocycles. The number of carbonyl (C=O) groups is 2. The minimum absolute atomic E-state index is 0.0875. The van der Waals surface area contributed by atoms with Crippen molar-refractivity contribution in [3.63, 3.8) is 0 Å². The van der Waals surface area contributed by atoms with Crippen LogP contribution in [0.3, 0.4) is 0 Å². The number of nitrogens with zero attached hydrogens (tertiary/aromatic N) is 1. The molecule has 1 N–H and O–H groups in total. The fraction of sp³-hybridized carbons (Fsp3) is 0.591. The minimum atomic E-state index is -0.462. The maximum absolute atomic E-state index is 12.2. The molecular formula is C22H27NO5. The number of esters is 2. The van der Waals surface area contributed by atoms with Gasteiger partial charge in [0.15, 0.2) is 0 Å². The second-order valence-electron chi connectivity index (χ2n) is 6.23. The predicted molar refractivity (Wildman–Crippen MR) is 103 cm³/mol. The van der Waals surface area contributed by atoms with Gasteiger partial charge in [-0.2, -0.15) is 5.26 Å². The molecule has 3 atom stereocenters. The molecule has 0 aliphatic carbocycles. The van der Waals surface area contributed by atoms with E-state index in [1.165, 1.54) is 7.11 Å². The monoisotopic (exact) mass is 385 g/mol. The number of nitriles is 1. The summed E-state index contributed by atoms with van der Waals surface area (Å²) in [5.41, 5.74) is 0. The fourth-order valence-corrected chi connectivity index (χ4v) is 2.72. The van der Waals surface area contributed by atoms with Crippen molar-refractivity contribution in [2.24, 2.45) is 17.8 Å². The van der Waals surface area contributed by atoms with Crippen LogP contribution in [0.1, 0.15) is 58.8 Å². The molecule has 0 radical (unpaired) electrons. The zero-order valence-electron chi connectivity index (χ0n) is 16.7. The van der Waals surface area contributed by atoms with Crippen LogP contribution < -0.4 is 0 Å². The summed E-state index contributed by atoms with van der Waals surface area (Å²) < 4.78 is 9.79. The summed E-state index contributed by atoms with van der Waals surface area (Å²) in [6, 6.07) is 2.23. The predicted octanol–water partition coefficient (Wildman–Crippen LogP) is 3.14. The number of hydrogen-bond donors (Lipinski definition) is 1. The molecule has 0 saturated carbocycles. The maximum Gasteiger partial charge on any atom is 0.322 e. The topological polar surface area (TPSA) is 96.6 Å². The summed E-state index contributed by atoms with van der Waals surface area (Å²) in [6.07, 6.45) is 8.08. The average Bonchev–Trinajstić information content (AvgIpc) is 2.71. The lowest BCUT2D eigenvalue weighted by Crippen LogP contribution is -2.22. The first kappa shape index (κ1) is 24.9. The molecule has 0 spiro atoms. The van der Waals surface area contributed by atoms with Gasteiger partial charge in [0.2, 0.25) is 0 Å². The van der Waals surface area contributed by atoms with Crippen molar-refractivity contribution in [3.8, 4) is 42.0 Å². The Morgan fingerprint density at radius 1 is 0.929 bits per heavy atom. The molecule has 150 valence electrons. The van der Waals surface area contributed by atoms with E-state index in [1.807, 2.05) is 13.8 Å². The van der Waals surface area contributed by atoms with Crippen molar-refractivity contribution in [3.05, 3.63) is 0 Å². The summed E-state index contributed by atoms with van der Waals surface area (Å²) in [5, 5.41) is 17.3. The third-order valence-corrected chi connectivity index (χ3v) is 4.35. The Labute approximate surface area is 167 Å². The molecule has 0 aromatic carbocycles. The largest absolute Gasteiger partial charge is 0.469 e. The van der Waals surface area contributed by atoms with E-state index in [-0.39, 0.29) is 23.7 Å². The highest BCUT2D eigenvalue weighted by Gasteiger charge is 2.25. The molecule has 28 heavy (non-hydrogen) atoms. The lowest BCUT2D eigenvalue weighted by molar-refractivity contribution is -0.147. The zero-order chi connectivity index (χ0) is 21.2. The van der Waals surface area contributed by atoms with E-state index in [0.717, 1.165) is 12.8 Å². The third-order valence-electron chi connectivity index (χ3n) is 4.35. The lowest BCUT2D eigenvalue weighted by Gasteiger charge is -2.18. The van der Waals surface area contributed by atoms with E-state index in [0.29, 0.717) is 32.1 Å². The summed E-state index contributed by atoms with van der Waals surface area (Å²) in [4.78, 5) is 24.3. The highest BCUT2D eigenvalue weighted by Crippen LogP contribution is 2.24. The number of ether oxygens (including phenoxy) is 2. The summed E-state index contributed by atoms with van der Waals surface area (Å²) >= 11 is 0. The van der Waals surface area contributed by atoms with Gasteiger partial charge in [0, 0.05) is 29.6 Å². The summed E-state index contributed by atoms with van der Waals surface area (Å²) in [5.74, 6) is 7.37. The SMILES string of the molecule is CCCC(CCC(CCC(C#N)CC)C(=O)OC)C(=O)OC#CC#CC#CO. The van der Waals surface area contributed by atoms with E-state index < -0.39 is 5.97 Å². The van der Waals surface area contributed by atoms with Crippen LogP contribution in [0.25, 0.3) is 0 Å². The molecule has 0 rings (SSSR count). The molecule has 0 aliphatic heterocycles. The molecule has 0 bridgehead atoms. The van der Waals surface area contributed by atoms with Gasteiger partial charge in [0.05, 0.1) is 25.0 Å². The quantitative estimate of drug-likeness (QED) is 0.433. The Balaban J connectivity index is 4.85. The van der Waals surface area contributed by atoms with Gasteiger partial charge in [-0.05, 0) is 38.5 Å². The van der Waals surface area contributed by atoms with Gasteiger partial charge in [0.25, 0.3) is 0 Å². The molecule has 3 unspecified atom stereocenters. The van der Waals surface area contributed by atoms with Gasteiger partial charge in [-0.15, -0.1) is 0 Å². The van der Waals surface area contributed by atoms with Gasteiger partial charge in [-0.3, -0.25) is 9.59 Å². The number of rotatable bonds is 11. The number of methoxy groups -OCH3 is 1. The molecule has 6 heteroatoms. The number of hydrogen-bond acceptors (Lipinski definition) is 6. The van der Waals surface area contributed by atoms with Crippen LogP contribution in [0.15, 0.2) is 0 Å². The van der Waals surface area contributed by atoms with E-state index in [4.69, 9.17) is 19.8 Å². The minimum Gasteiger partial charge on any atom is -0.469 e. The van der Waals surface area contributed by atoms with Crippen molar-refractivity contribution in [2.45, 2.75) is 58.8 Å². The fourth-order valence-electron chi connectivity index (χ4n) is 2.72. The molecule has 0 aromatic rings. The second kappa shape index (κ2) is 16.1. The molecule has 6 nitrogen and oxygen atoms in total. The van der Waals surface area contributed by atoms with E-state index in [9.17, 15) is 9.59 Å². The first-order valence-corrected chi connectivity index (χ1v) is 9.36. The average molecular weight is 385 g/mol. The van der Waals surface area contributed by atoms with Crippen molar-refractivity contribution in [2.75, 3.05) is 7.11 Å². The van der Waals surface area contributed by atoms with Gasteiger partial charge in [0.1, 0.15) is 12.2 Å². The Morgan fingerprint density at radius 3 is 2.07 bits per heavy atom. The van der Waals surface area contributed by atoms with Gasteiger partial charge >= 0.3 is 11.9 Å². The first-order valence-electron chi connectivity index (χ1n) is 9.36. The smallest absolute Gasteiger partial charge is 0.322 e. The van der Waals surface area contributed by atoms with Crippen LogP contribution in [-0.2, 0) is 19.1 Å². The van der Waals surface area contributed by atoms with Gasteiger partial charge in [-0.25, -0.2) is 0 Å². The van der Waals surface area contributed by atoms with Crippen LogP contribution in [0.5, 0.6) is 0 Å². The second-order valence-corrected chi connectivity index (χ2v) is 6.23. The van der Waals surface area contributed by atoms with Crippen molar-refractivity contribution >= 4 is 11.9 Å². The molecule has 0 fully saturated rings. The van der Waals surface area contributed by atoms with Crippen LogP contribution >= 0.6 is 0 Å². The number of aliphatic hydroxyl groups is 1. The van der Waals surface area contributed by atoms with Crippen LogP contribution in [0.4, 0.5) is 0 Å². The Morgan fingerprint density at radius 2 is 1.54 bits per heavy atom. The van der Waals surface area contributed by atoms with Crippen LogP contribution in [-0.4, -0.2) is 24.2 Å². The van der Waals surface area contributed by atoms with E-state index >= 15 is 0 Å². The molecule has 0 amide bonds. The standard InChI is InChI=1S/C22H27NO5/c1-4-10-19(22(26)28-16-9-7-6-8-15-24)13-14-20(21(25)27-3)12-11-18(5-2)17-23/h18-20,24H,4-5,10-14H2,1-3H3. The Bertz CT molecular complexity index is 718. The van der Waals surface area contributed by atoms with E-state index in [2.05, 4.69) is 35.9 Å². The van der Waals surface area contributed by atoms with Crippen molar-refractivity contribution in [1.29, 1.82) is 5.26 Å².